The van der Waals surface area contributed by atoms with Gasteiger partial charge in [0.2, 0.25) is 0 Å². The van der Waals surface area contributed by atoms with Crippen LogP contribution in [0.15, 0.2) is 18.3 Å². The Hall–Kier alpha value is -2.47. The largest absolute Gasteiger partial charge is 0.388 e. The highest BCUT2D eigenvalue weighted by molar-refractivity contribution is 6.34. The van der Waals surface area contributed by atoms with E-state index < -0.39 is 0 Å². The number of halogens is 1. The summed E-state index contributed by atoms with van der Waals surface area (Å²) >= 11 is 6.35. The molecule has 0 aliphatic rings. The molecule has 0 unspecified atom stereocenters. The molecule has 0 saturated carbocycles. The molecule has 0 fully saturated rings. The van der Waals surface area contributed by atoms with Crippen LogP contribution < -0.4 is 16.0 Å². The number of nitrogens with one attached hydrogen (secondary N) is 3. The first-order valence-electron chi connectivity index (χ1n) is 7.71. The lowest BCUT2D eigenvalue weighted by Gasteiger charge is -2.16. The number of anilines is 3. The molecule has 0 spiro atoms. The van der Waals surface area contributed by atoms with E-state index in [0.717, 1.165) is 39.2 Å². The maximum atomic E-state index is 6.35. The summed E-state index contributed by atoms with van der Waals surface area (Å²) in [5.41, 5.74) is 6.78. The Morgan fingerprint density at radius 1 is 1.00 bits per heavy atom. The van der Waals surface area contributed by atoms with Gasteiger partial charge in [-0.3, -0.25) is 0 Å². The van der Waals surface area contributed by atoms with Crippen molar-refractivity contribution in [3.63, 3.8) is 0 Å². The van der Waals surface area contributed by atoms with Crippen LogP contribution in [0.3, 0.4) is 0 Å². The van der Waals surface area contributed by atoms with E-state index in [1.54, 1.807) is 0 Å². The number of aryl methyl sites for hydroxylation is 2. The fourth-order valence-electron chi connectivity index (χ4n) is 3.01. The number of nitrogens with zero attached hydrogens (tertiary/aromatic N) is 3. The number of hydrogen-bond donors (Lipinski definition) is 3. The Balaban J connectivity index is 2.40. The van der Waals surface area contributed by atoms with Crippen molar-refractivity contribution in [2.45, 2.75) is 6.92 Å². The molecule has 0 radical (unpaired) electrons. The van der Waals surface area contributed by atoms with Gasteiger partial charge >= 0.3 is 0 Å². The molecule has 0 aliphatic heterocycles. The second kappa shape index (κ2) is 6.20. The Kier molecular flexibility index (Phi) is 4.24. The average Bonchev–Trinajstić information content (AvgIpc) is 2.89. The standard InChI is InChI=1S/C17H21ClN6/c1-9-22-15-11(8-24(5)16(15)17(18)23-9)14-12(20-3)6-10(19-2)7-13(14)21-4/h6-8,19-21H,1-5H3. The van der Waals surface area contributed by atoms with Gasteiger partial charge in [0.15, 0.2) is 5.15 Å². The molecule has 0 atom stereocenters. The summed E-state index contributed by atoms with van der Waals surface area (Å²) in [5.74, 6) is 0.656. The minimum atomic E-state index is 0.468. The summed E-state index contributed by atoms with van der Waals surface area (Å²) in [6.45, 7) is 1.85. The summed E-state index contributed by atoms with van der Waals surface area (Å²) in [4.78, 5) is 8.91. The van der Waals surface area contributed by atoms with Gasteiger partial charge in [0.05, 0.1) is 0 Å². The Labute approximate surface area is 146 Å². The zero-order valence-electron chi connectivity index (χ0n) is 14.5. The first-order valence-corrected chi connectivity index (χ1v) is 8.08. The third-order valence-corrected chi connectivity index (χ3v) is 4.38. The van der Waals surface area contributed by atoms with Crippen LogP contribution >= 0.6 is 11.6 Å². The highest BCUT2D eigenvalue weighted by Crippen LogP contribution is 2.42. The lowest BCUT2D eigenvalue weighted by molar-refractivity contribution is 0.958. The molecule has 0 bridgehead atoms. The van der Waals surface area contributed by atoms with E-state index in [9.17, 15) is 0 Å². The van der Waals surface area contributed by atoms with Crippen molar-refractivity contribution < 1.29 is 0 Å². The van der Waals surface area contributed by atoms with Crippen LogP contribution in [0.1, 0.15) is 5.82 Å². The molecule has 126 valence electrons. The Morgan fingerprint density at radius 3 is 2.17 bits per heavy atom. The minimum Gasteiger partial charge on any atom is -0.388 e. The summed E-state index contributed by atoms with van der Waals surface area (Å²) in [5, 5.41) is 10.2. The van der Waals surface area contributed by atoms with Crippen molar-refractivity contribution in [1.29, 1.82) is 0 Å². The molecule has 0 aliphatic carbocycles. The van der Waals surface area contributed by atoms with E-state index in [2.05, 4.69) is 38.1 Å². The van der Waals surface area contributed by atoms with E-state index in [1.165, 1.54) is 0 Å². The van der Waals surface area contributed by atoms with Crippen molar-refractivity contribution in [3.05, 3.63) is 29.3 Å². The monoisotopic (exact) mass is 344 g/mol. The van der Waals surface area contributed by atoms with Gasteiger partial charge < -0.3 is 20.5 Å². The van der Waals surface area contributed by atoms with Gasteiger partial charge in [0.1, 0.15) is 16.9 Å². The molecule has 0 saturated heterocycles. The average molecular weight is 345 g/mol. The van der Waals surface area contributed by atoms with Crippen LogP contribution in [-0.2, 0) is 7.05 Å². The van der Waals surface area contributed by atoms with Crippen LogP contribution in [0.4, 0.5) is 17.1 Å². The molecule has 2 heterocycles. The minimum absolute atomic E-state index is 0.468. The Morgan fingerprint density at radius 2 is 1.62 bits per heavy atom. The second-order valence-corrected chi connectivity index (χ2v) is 5.97. The smallest absolute Gasteiger partial charge is 0.157 e. The normalized spacial score (nSPS) is 10.9. The van der Waals surface area contributed by atoms with Crippen LogP contribution in [0, 0.1) is 6.92 Å². The third kappa shape index (κ3) is 2.53. The van der Waals surface area contributed by atoms with E-state index in [0.29, 0.717) is 11.0 Å². The van der Waals surface area contributed by atoms with Crippen LogP contribution in [0.25, 0.3) is 22.2 Å². The van der Waals surface area contributed by atoms with Gasteiger partial charge in [-0.15, -0.1) is 0 Å². The van der Waals surface area contributed by atoms with Crippen LogP contribution in [0.2, 0.25) is 5.15 Å². The van der Waals surface area contributed by atoms with Gasteiger partial charge in [0.25, 0.3) is 0 Å². The van der Waals surface area contributed by atoms with Crippen molar-refractivity contribution >= 4 is 39.7 Å². The highest BCUT2D eigenvalue weighted by atomic mass is 35.5. The lowest BCUT2D eigenvalue weighted by atomic mass is 10.0. The summed E-state index contributed by atoms with van der Waals surface area (Å²) < 4.78 is 1.97. The fraction of sp³-hybridized carbons (Fsp3) is 0.294. The second-order valence-electron chi connectivity index (χ2n) is 5.61. The zero-order valence-corrected chi connectivity index (χ0v) is 15.2. The molecule has 7 heteroatoms. The molecule has 6 nitrogen and oxygen atoms in total. The van der Waals surface area contributed by atoms with Crippen molar-refractivity contribution in [3.8, 4) is 11.1 Å². The van der Waals surface area contributed by atoms with Gasteiger partial charge in [-0.05, 0) is 19.1 Å². The number of benzene rings is 1. The first-order chi connectivity index (χ1) is 11.5. The number of rotatable bonds is 4. The number of aromatic nitrogens is 3. The highest BCUT2D eigenvalue weighted by Gasteiger charge is 2.20. The maximum Gasteiger partial charge on any atom is 0.157 e. The lowest BCUT2D eigenvalue weighted by Crippen LogP contribution is -2.01. The van der Waals surface area contributed by atoms with E-state index in [4.69, 9.17) is 11.6 Å². The quantitative estimate of drug-likeness (QED) is 0.629. The molecule has 3 aromatic rings. The predicted octanol–water partition coefficient (Wildman–Crippen LogP) is 3.72. The third-order valence-electron chi connectivity index (χ3n) is 4.12. The fourth-order valence-corrected chi connectivity index (χ4v) is 3.35. The van der Waals surface area contributed by atoms with E-state index in [1.807, 2.05) is 45.9 Å². The van der Waals surface area contributed by atoms with Crippen LogP contribution in [0.5, 0.6) is 0 Å². The SMILES string of the molecule is CNc1cc(NC)c(-c2cn(C)c3c(Cl)nc(C)nc23)c(NC)c1. The van der Waals surface area contributed by atoms with Gasteiger partial charge in [-0.25, -0.2) is 9.97 Å². The molecule has 2 aromatic heterocycles. The summed E-state index contributed by atoms with van der Waals surface area (Å²) in [6.07, 6.45) is 2.04. The maximum absolute atomic E-state index is 6.35. The number of fused-ring (bicyclic) bond motifs is 1. The van der Waals surface area contributed by atoms with Gasteiger partial charge in [0, 0.05) is 62.6 Å². The van der Waals surface area contributed by atoms with E-state index >= 15 is 0 Å². The van der Waals surface area contributed by atoms with Crippen LogP contribution in [-0.4, -0.2) is 35.7 Å². The molecular weight excluding hydrogens is 324 g/mol. The van der Waals surface area contributed by atoms with Gasteiger partial charge in [-0.2, -0.15) is 0 Å². The first kappa shape index (κ1) is 16.4. The topological polar surface area (TPSA) is 66.8 Å². The predicted molar refractivity (Wildman–Crippen MR) is 102 cm³/mol. The molecule has 0 amide bonds. The summed E-state index contributed by atoms with van der Waals surface area (Å²) in [7, 11) is 7.69. The van der Waals surface area contributed by atoms with E-state index in [-0.39, 0.29) is 0 Å². The van der Waals surface area contributed by atoms with Crippen molar-refractivity contribution in [2.24, 2.45) is 7.05 Å². The van der Waals surface area contributed by atoms with Crippen molar-refractivity contribution in [2.75, 3.05) is 37.1 Å². The molecule has 3 N–H and O–H groups in total. The molecule has 24 heavy (non-hydrogen) atoms. The molecule has 3 rings (SSSR count). The van der Waals surface area contributed by atoms with Gasteiger partial charge in [-0.1, -0.05) is 11.6 Å². The summed E-state index contributed by atoms with van der Waals surface area (Å²) in [6, 6.07) is 4.15. The molecular formula is C17H21ClN6. The number of hydrogen-bond acceptors (Lipinski definition) is 5. The zero-order chi connectivity index (χ0) is 17.4. The molecule has 1 aromatic carbocycles. The van der Waals surface area contributed by atoms with Crippen molar-refractivity contribution in [1.82, 2.24) is 14.5 Å². The Bertz CT molecular complexity index is 890.